The highest BCUT2D eigenvalue weighted by atomic mass is 32.1. The van der Waals surface area contributed by atoms with Crippen LogP contribution in [0, 0.1) is 6.92 Å². The van der Waals surface area contributed by atoms with Crippen LogP contribution in [0.5, 0.6) is 0 Å². The van der Waals surface area contributed by atoms with E-state index in [0.29, 0.717) is 17.1 Å². The quantitative estimate of drug-likeness (QED) is 0.592. The predicted molar refractivity (Wildman–Crippen MR) is 84.5 cm³/mol. The van der Waals surface area contributed by atoms with Gasteiger partial charge in [0.2, 0.25) is 5.91 Å². The van der Waals surface area contributed by atoms with Crippen molar-refractivity contribution in [1.29, 1.82) is 0 Å². The van der Waals surface area contributed by atoms with E-state index >= 15 is 0 Å². The number of hydrogen-bond acceptors (Lipinski definition) is 2. The van der Waals surface area contributed by atoms with Crippen molar-refractivity contribution in [2.45, 2.75) is 46.0 Å². The SMILES string of the molecule is CCCCCCC(=O)Nc1cccc(C)c1C(N)=S. The van der Waals surface area contributed by atoms with Crippen LogP contribution in [-0.4, -0.2) is 10.9 Å². The second kappa shape index (κ2) is 7.89. The molecule has 4 heteroatoms. The lowest BCUT2D eigenvalue weighted by atomic mass is 10.1. The number of thiocarbonyl (C=S) groups is 1. The van der Waals surface area contributed by atoms with E-state index < -0.39 is 0 Å². The van der Waals surface area contributed by atoms with Crippen molar-refractivity contribution in [3.8, 4) is 0 Å². The first kappa shape index (κ1) is 15.6. The smallest absolute Gasteiger partial charge is 0.224 e. The van der Waals surface area contributed by atoms with Gasteiger partial charge < -0.3 is 11.1 Å². The fraction of sp³-hybridized carbons (Fsp3) is 0.467. The summed E-state index contributed by atoms with van der Waals surface area (Å²) in [5.74, 6) is 0.0270. The minimum atomic E-state index is 0.0270. The minimum Gasteiger partial charge on any atom is -0.389 e. The number of anilines is 1. The van der Waals surface area contributed by atoms with Crippen molar-refractivity contribution >= 4 is 28.8 Å². The number of carbonyl (C=O) groups excluding carboxylic acids is 1. The molecule has 0 fully saturated rings. The van der Waals surface area contributed by atoms with Crippen molar-refractivity contribution in [3.05, 3.63) is 29.3 Å². The first-order chi connectivity index (χ1) is 9.06. The summed E-state index contributed by atoms with van der Waals surface area (Å²) in [6.45, 7) is 4.09. The second-order valence-electron chi connectivity index (χ2n) is 4.72. The summed E-state index contributed by atoms with van der Waals surface area (Å²) < 4.78 is 0. The summed E-state index contributed by atoms with van der Waals surface area (Å²) in [6.07, 6.45) is 4.92. The van der Waals surface area contributed by atoms with Gasteiger partial charge in [-0.3, -0.25) is 4.79 Å². The number of nitrogens with two attached hydrogens (primary N) is 1. The van der Waals surface area contributed by atoms with Crippen molar-refractivity contribution in [2.24, 2.45) is 5.73 Å². The van der Waals surface area contributed by atoms with E-state index in [1.807, 2.05) is 25.1 Å². The summed E-state index contributed by atoms with van der Waals surface area (Å²) in [6, 6.07) is 5.67. The molecule has 0 aromatic heterocycles. The van der Waals surface area contributed by atoms with Gasteiger partial charge in [-0.05, 0) is 25.0 Å². The Morgan fingerprint density at radius 3 is 2.68 bits per heavy atom. The largest absolute Gasteiger partial charge is 0.389 e. The lowest BCUT2D eigenvalue weighted by Gasteiger charge is -2.12. The Morgan fingerprint density at radius 1 is 1.32 bits per heavy atom. The molecule has 3 nitrogen and oxygen atoms in total. The first-order valence-corrected chi connectivity index (χ1v) is 7.16. The van der Waals surface area contributed by atoms with Crippen LogP contribution in [0.2, 0.25) is 0 Å². The van der Waals surface area contributed by atoms with E-state index in [-0.39, 0.29) is 5.91 Å². The Bertz CT molecular complexity index is 457. The molecule has 1 aromatic carbocycles. The molecule has 104 valence electrons. The topological polar surface area (TPSA) is 55.1 Å². The Hall–Kier alpha value is -1.42. The number of amides is 1. The fourth-order valence-electron chi connectivity index (χ4n) is 2.02. The van der Waals surface area contributed by atoms with Crippen LogP contribution in [0.25, 0.3) is 0 Å². The second-order valence-corrected chi connectivity index (χ2v) is 5.16. The molecule has 0 radical (unpaired) electrons. The third kappa shape index (κ3) is 4.99. The highest BCUT2D eigenvalue weighted by molar-refractivity contribution is 7.80. The van der Waals surface area contributed by atoms with Crippen molar-refractivity contribution in [2.75, 3.05) is 5.32 Å². The zero-order valence-electron chi connectivity index (χ0n) is 11.7. The van der Waals surface area contributed by atoms with Gasteiger partial charge >= 0.3 is 0 Å². The molecule has 0 aliphatic rings. The molecule has 0 heterocycles. The Kier molecular flexibility index (Phi) is 6.50. The molecule has 0 aliphatic carbocycles. The van der Waals surface area contributed by atoms with Gasteiger partial charge in [-0.15, -0.1) is 0 Å². The molecule has 0 aliphatic heterocycles. The number of aryl methyl sites for hydroxylation is 1. The predicted octanol–water partition coefficient (Wildman–Crippen LogP) is 3.54. The number of carbonyl (C=O) groups is 1. The van der Waals surface area contributed by atoms with Crippen LogP contribution in [-0.2, 0) is 4.79 Å². The van der Waals surface area contributed by atoms with E-state index in [9.17, 15) is 4.79 Å². The van der Waals surface area contributed by atoms with Crippen LogP contribution in [0.3, 0.4) is 0 Å². The fourth-order valence-corrected chi connectivity index (χ4v) is 2.29. The Labute approximate surface area is 120 Å². The molecule has 0 bridgehead atoms. The highest BCUT2D eigenvalue weighted by Crippen LogP contribution is 2.20. The van der Waals surface area contributed by atoms with Gasteiger partial charge in [0.25, 0.3) is 0 Å². The van der Waals surface area contributed by atoms with Gasteiger partial charge in [0.1, 0.15) is 4.99 Å². The monoisotopic (exact) mass is 278 g/mol. The minimum absolute atomic E-state index is 0.0270. The van der Waals surface area contributed by atoms with E-state index in [2.05, 4.69) is 12.2 Å². The number of rotatable bonds is 7. The maximum atomic E-state index is 11.9. The average Bonchev–Trinajstić information content (AvgIpc) is 2.34. The number of hydrogen-bond donors (Lipinski definition) is 2. The highest BCUT2D eigenvalue weighted by Gasteiger charge is 2.10. The maximum Gasteiger partial charge on any atom is 0.224 e. The third-order valence-corrected chi connectivity index (χ3v) is 3.25. The molecule has 0 unspecified atom stereocenters. The van der Waals surface area contributed by atoms with Crippen LogP contribution >= 0.6 is 12.2 Å². The summed E-state index contributed by atoms with van der Waals surface area (Å²) in [5, 5.41) is 2.90. The average molecular weight is 278 g/mol. The molecule has 0 saturated heterocycles. The molecule has 3 N–H and O–H groups in total. The standard InChI is InChI=1S/C15H22N2OS/c1-3-4-5-6-10-13(18)17-12-9-7-8-11(2)14(12)15(16)19/h7-9H,3-6,10H2,1-2H3,(H2,16,19)(H,17,18). The van der Waals surface area contributed by atoms with Gasteiger partial charge in [-0.1, -0.05) is 50.5 Å². The van der Waals surface area contributed by atoms with Crippen LogP contribution in [0.1, 0.15) is 50.2 Å². The molecule has 0 spiro atoms. The van der Waals surface area contributed by atoms with Crippen molar-refractivity contribution in [1.82, 2.24) is 0 Å². The van der Waals surface area contributed by atoms with E-state index in [1.165, 1.54) is 12.8 Å². The van der Waals surface area contributed by atoms with Crippen molar-refractivity contribution < 1.29 is 4.79 Å². The lowest BCUT2D eigenvalue weighted by Crippen LogP contribution is -2.18. The number of nitrogens with one attached hydrogen (secondary N) is 1. The molecular formula is C15H22N2OS. The molecule has 0 saturated carbocycles. The van der Waals surface area contributed by atoms with Gasteiger partial charge in [-0.25, -0.2) is 0 Å². The van der Waals surface area contributed by atoms with Gasteiger partial charge in [0.05, 0.1) is 5.69 Å². The number of benzene rings is 1. The van der Waals surface area contributed by atoms with E-state index in [1.54, 1.807) is 0 Å². The molecule has 1 aromatic rings. The molecule has 19 heavy (non-hydrogen) atoms. The third-order valence-electron chi connectivity index (χ3n) is 3.05. The van der Waals surface area contributed by atoms with E-state index in [0.717, 1.165) is 24.0 Å². The normalized spacial score (nSPS) is 10.2. The number of unbranched alkanes of at least 4 members (excludes halogenated alkanes) is 3. The molecule has 1 amide bonds. The Balaban J connectivity index is 2.64. The summed E-state index contributed by atoms with van der Waals surface area (Å²) in [4.78, 5) is 12.2. The zero-order chi connectivity index (χ0) is 14.3. The van der Waals surface area contributed by atoms with Gasteiger partial charge in [0.15, 0.2) is 0 Å². The molecule has 0 atom stereocenters. The van der Waals surface area contributed by atoms with Gasteiger partial charge in [0, 0.05) is 12.0 Å². The van der Waals surface area contributed by atoms with Crippen LogP contribution in [0.15, 0.2) is 18.2 Å². The summed E-state index contributed by atoms with van der Waals surface area (Å²) in [5.41, 5.74) is 8.17. The zero-order valence-corrected chi connectivity index (χ0v) is 12.5. The molecular weight excluding hydrogens is 256 g/mol. The lowest BCUT2D eigenvalue weighted by molar-refractivity contribution is -0.116. The first-order valence-electron chi connectivity index (χ1n) is 6.75. The molecule has 1 rings (SSSR count). The summed E-state index contributed by atoms with van der Waals surface area (Å²) >= 11 is 5.04. The summed E-state index contributed by atoms with van der Waals surface area (Å²) in [7, 11) is 0. The Morgan fingerprint density at radius 2 is 2.05 bits per heavy atom. The van der Waals surface area contributed by atoms with Crippen LogP contribution < -0.4 is 11.1 Å². The van der Waals surface area contributed by atoms with Crippen molar-refractivity contribution in [3.63, 3.8) is 0 Å². The van der Waals surface area contributed by atoms with E-state index in [4.69, 9.17) is 18.0 Å². The van der Waals surface area contributed by atoms with Crippen LogP contribution in [0.4, 0.5) is 5.69 Å². The van der Waals surface area contributed by atoms with Gasteiger partial charge in [-0.2, -0.15) is 0 Å². The maximum absolute atomic E-state index is 11.9.